The summed E-state index contributed by atoms with van der Waals surface area (Å²) in [4.78, 5) is 15.0. The van der Waals surface area contributed by atoms with Crippen LogP contribution in [0.5, 0.6) is 0 Å². The lowest BCUT2D eigenvalue weighted by molar-refractivity contribution is -0.0861. The molecule has 0 spiro atoms. The van der Waals surface area contributed by atoms with Crippen molar-refractivity contribution in [3.8, 4) is 11.1 Å². The number of aryl methyl sites for hydroxylation is 1. The van der Waals surface area contributed by atoms with Crippen LogP contribution < -0.4 is 0 Å². The van der Waals surface area contributed by atoms with Crippen molar-refractivity contribution in [2.75, 3.05) is 13.2 Å². The highest BCUT2D eigenvalue weighted by atomic mass is 127. The average Bonchev–Trinajstić information content (AvgIpc) is 3.19. The third-order valence-electron chi connectivity index (χ3n) is 4.97. The molecule has 150 valence electrons. The van der Waals surface area contributed by atoms with Crippen LogP contribution in [0.1, 0.15) is 22.3 Å². The predicted octanol–water partition coefficient (Wildman–Crippen LogP) is 4.49. The van der Waals surface area contributed by atoms with Crippen LogP contribution in [0, 0.1) is 16.3 Å². The van der Waals surface area contributed by atoms with Gasteiger partial charge in [-0.05, 0) is 65.8 Å². The van der Waals surface area contributed by atoms with E-state index >= 15 is 0 Å². The molecular formula is C22H21FIN3O2. The molecule has 0 aliphatic carbocycles. The van der Waals surface area contributed by atoms with E-state index in [1.807, 2.05) is 31.3 Å². The molecule has 29 heavy (non-hydrogen) atoms. The highest BCUT2D eigenvalue weighted by molar-refractivity contribution is 14.1. The lowest BCUT2D eigenvalue weighted by Crippen LogP contribution is -2.48. The molecule has 5 nitrogen and oxygen atoms in total. The van der Waals surface area contributed by atoms with E-state index in [-0.39, 0.29) is 18.0 Å². The second kappa shape index (κ2) is 8.62. The summed E-state index contributed by atoms with van der Waals surface area (Å²) in [6.45, 7) is 3.69. The number of hydrogen-bond donors (Lipinski definition) is 0. The zero-order chi connectivity index (χ0) is 20.4. The number of amides is 1. The van der Waals surface area contributed by atoms with Gasteiger partial charge in [-0.25, -0.2) is 4.39 Å². The van der Waals surface area contributed by atoms with Crippen LogP contribution >= 0.6 is 22.6 Å². The Morgan fingerprint density at radius 3 is 2.83 bits per heavy atom. The molecule has 7 heteroatoms. The van der Waals surface area contributed by atoms with Gasteiger partial charge in [0.25, 0.3) is 5.91 Å². The molecule has 1 unspecified atom stereocenters. The van der Waals surface area contributed by atoms with Gasteiger partial charge in [0.15, 0.2) is 6.23 Å². The van der Waals surface area contributed by atoms with Gasteiger partial charge < -0.3 is 9.64 Å². The van der Waals surface area contributed by atoms with Crippen molar-refractivity contribution in [3.05, 3.63) is 75.4 Å². The van der Waals surface area contributed by atoms with E-state index in [0.29, 0.717) is 25.3 Å². The predicted molar refractivity (Wildman–Crippen MR) is 117 cm³/mol. The van der Waals surface area contributed by atoms with Gasteiger partial charge in [0.05, 0.1) is 24.9 Å². The molecule has 3 aromatic rings. The molecular weight excluding hydrogens is 484 g/mol. The van der Waals surface area contributed by atoms with Gasteiger partial charge in [-0.3, -0.25) is 9.48 Å². The minimum atomic E-state index is -0.381. The Labute approximate surface area is 182 Å². The fourth-order valence-electron chi connectivity index (χ4n) is 3.44. The zero-order valence-electron chi connectivity index (χ0n) is 16.0. The third-order valence-corrected chi connectivity index (χ3v) is 5.91. The second-order valence-electron chi connectivity index (χ2n) is 7.12. The number of nitrogens with zero attached hydrogens (tertiary/aromatic N) is 3. The topological polar surface area (TPSA) is 47.4 Å². The fourth-order valence-corrected chi connectivity index (χ4v) is 4.01. The van der Waals surface area contributed by atoms with Gasteiger partial charge in [-0.1, -0.05) is 23.8 Å². The van der Waals surface area contributed by atoms with Gasteiger partial charge in [0, 0.05) is 21.9 Å². The van der Waals surface area contributed by atoms with Gasteiger partial charge in [0.2, 0.25) is 0 Å². The molecule has 1 saturated heterocycles. The molecule has 1 aliphatic rings. The van der Waals surface area contributed by atoms with E-state index in [9.17, 15) is 9.18 Å². The number of aromatic nitrogens is 2. The van der Waals surface area contributed by atoms with Crippen molar-refractivity contribution in [1.29, 1.82) is 0 Å². The van der Waals surface area contributed by atoms with Crippen LogP contribution in [0.2, 0.25) is 0 Å². The van der Waals surface area contributed by atoms with Crippen molar-refractivity contribution >= 4 is 28.5 Å². The first-order valence-electron chi connectivity index (χ1n) is 9.48. The smallest absolute Gasteiger partial charge is 0.257 e. The summed E-state index contributed by atoms with van der Waals surface area (Å²) in [5, 5.41) is 4.41. The van der Waals surface area contributed by atoms with E-state index in [0.717, 1.165) is 26.7 Å². The Morgan fingerprint density at radius 2 is 2.03 bits per heavy atom. The zero-order valence-corrected chi connectivity index (χ0v) is 18.2. The van der Waals surface area contributed by atoms with Crippen LogP contribution in [0.25, 0.3) is 11.1 Å². The Bertz CT molecular complexity index is 1020. The second-order valence-corrected chi connectivity index (χ2v) is 8.28. The largest absolute Gasteiger partial charge is 0.356 e. The highest BCUT2D eigenvalue weighted by Crippen LogP contribution is 2.23. The Morgan fingerprint density at radius 1 is 1.24 bits per heavy atom. The molecule has 1 aliphatic heterocycles. The summed E-state index contributed by atoms with van der Waals surface area (Å²) in [5.74, 6) is -0.287. The normalized spacial score (nSPS) is 16.8. The van der Waals surface area contributed by atoms with Crippen molar-refractivity contribution < 1.29 is 13.9 Å². The molecule has 0 bridgehead atoms. The summed E-state index contributed by atoms with van der Waals surface area (Å²) in [5.41, 5.74) is 3.55. The molecule has 1 atom stereocenters. The van der Waals surface area contributed by atoms with Crippen LogP contribution in [0.3, 0.4) is 0 Å². The van der Waals surface area contributed by atoms with Crippen molar-refractivity contribution in [2.24, 2.45) is 0 Å². The molecule has 1 amide bonds. The Balaban J connectivity index is 1.53. The number of benzene rings is 2. The van der Waals surface area contributed by atoms with Crippen LogP contribution in [0.4, 0.5) is 4.39 Å². The first-order valence-corrected chi connectivity index (χ1v) is 10.6. The number of carbonyl (C=O) groups is 1. The number of ether oxygens (including phenoxy) is 1. The number of carbonyl (C=O) groups excluding carboxylic acids is 1. The number of halogens is 2. The number of hydrogen-bond acceptors (Lipinski definition) is 3. The minimum Gasteiger partial charge on any atom is -0.356 e. The maximum atomic E-state index is 13.2. The van der Waals surface area contributed by atoms with Gasteiger partial charge in [-0.2, -0.15) is 5.10 Å². The molecule has 2 aromatic carbocycles. The molecule has 2 heterocycles. The molecule has 4 rings (SSSR count). The average molecular weight is 505 g/mol. The third kappa shape index (κ3) is 4.51. The summed E-state index contributed by atoms with van der Waals surface area (Å²) in [6, 6.07) is 12.2. The Kier molecular flexibility index (Phi) is 5.96. The van der Waals surface area contributed by atoms with Crippen molar-refractivity contribution in [2.45, 2.75) is 26.1 Å². The molecule has 0 radical (unpaired) electrons. The van der Waals surface area contributed by atoms with Crippen LogP contribution in [-0.2, 0) is 11.3 Å². The molecule has 0 saturated carbocycles. The Hall–Kier alpha value is -2.26. The van der Waals surface area contributed by atoms with E-state index in [1.54, 1.807) is 27.9 Å². The molecule has 0 N–H and O–H groups in total. The summed E-state index contributed by atoms with van der Waals surface area (Å²) >= 11 is 2.20. The fraction of sp³-hybridized carbons (Fsp3) is 0.273. The van der Waals surface area contributed by atoms with Gasteiger partial charge in [0.1, 0.15) is 5.82 Å². The maximum Gasteiger partial charge on any atom is 0.257 e. The summed E-state index contributed by atoms with van der Waals surface area (Å²) in [6.07, 6.45) is 4.06. The first-order chi connectivity index (χ1) is 14.0. The van der Waals surface area contributed by atoms with Crippen molar-refractivity contribution in [3.63, 3.8) is 0 Å². The van der Waals surface area contributed by atoms with Gasteiger partial charge in [-0.15, -0.1) is 0 Å². The van der Waals surface area contributed by atoms with E-state index in [1.165, 1.54) is 12.1 Å². The van der Waals surface area contributed by atoms with E-state index < -0.39 is 0 Å². The molecule has 1 fully saturated rings. The SMILES string of the molecule is Cc1ccc(I)c(C(=O)N2CCCOC2Cn2cc(-c3ccc(F)cc3)cn2)c1. The van der Waals surface area contributed by atoms with Crippen molar-refractivity contribution in [1.82, 2.24) is 14.7 Å². The summed E-state index contributed by atoms with van der Waals surface area (Å²) in [7, 11) is 0. The summed E-state index contributed by atoms with van der Waals surface area (Å²) < 4.78 is 21.8. The lowest BCUT2D eigenvalue weighted by atomic mass is 10.1. The van der Waals surface area contributed by atoms with E-state index in [2.05, 4.69) is 27.7 Å². The van der Waals surface area contributed by atoms with Crippen LogP contribution in [0.15, 0.2) is 54.9 Å². The van der Waals surface area contributed by atoms with Crippen LogP contribution in [-0.4, -0.2) is 40.0 Å². The minimum absolute atomic E-state index is 0.0197. The van der Waals surface area contributed by atoms with E-state index in [4.69, 9.17) is 4.74 Å². The monoisotopic (exact) mass is 505 g/mol. The van der Waals surface area contributed by atoms with Gasteiger partial charge >= 0.3 is 0 Å². The number of rotatable bonds is 4. The first kappa shape index (κ1) is 20.0. The maximum absolute atomic E-state index is 13.2. The lowest BCUT2D eigenvalue weighted by Gasteiger charge is -2.35. The quantitative estimate of drug-likeness (QED) is 0.491. The molecule has 1 aromatic heterocycles. The highest BCUT2D eigenvalue weighted by Gasteiger charge is 2.30. The standard InChI is InChI=1S/C22H21FIN3O2/c1-15-3-8-20(24)19(11-15)22(28)27-9-2-10-29-21(27)14-26-13-17(12-25-26)16-4-6-18(23)7-5-16/h3-8,11-13,21H,2,9-10,14H2,1H3.